The first-order valence-corrected chi connectivity index (χ1v) is 7.56. The fourth-order valence-electron chi connectivity index (χ4n) is 2.05. The number of alkyl halides is 3. The maximum Gasteiger partial charge on any atom is 0.416 e. The maximum atomic E-state index is 12.6. The van der Waals surface area contributed by atoms with Gasteiger partial charge in [0, 0.05) is 25.9 Å². The molecule has 0 saturated carbocycles. The Balaban J connectivity index is 2.26. The van der Waals surface area contributed by atoms with Crippen LogP contribution < -0.4 is 0 Å². The summed E-state index contributed by atoms with van der Waals surface area (Å²) in [5.41, 5.74) is -0.641. The van der Waals surface area contributed by atoms with Crippen molar-refractivity contribution in [3.05, 3.63) is 83.2 Å². The summed E-state index contributed by atoms with van der Waals surface area (Å²) in [5, 5.41) is 0. The summed E-state index contributed by atoms with van der Waals surface area (Å²) in [7, 11) is 3.24. The Labute approximate surface area is 148 Å². The van der Waals surface area contributed by atoms with Gasteiger partial charge < -0.3 is 9.64 Å². The number of allylic oxidation sites excluding steroid dienone is 1. The van der Waals surface area contributed by atoms with Gasteiger partial charge in [0.05, 0.1) is 11.1 Å². The standard InChI is InChI=1S/C19H16F3NO3/c1-23(2)12-16(26-18(25)14-6-4-3-5-7-14)17(24)13-8-10-15(11-9-13)19(20,21)22/h3-12H,1-2H3/b16-12-. The summed E-state index contributed by atoms with van der Waals surface area (Å²) >= 11 is 0. The van der Waals surface area contributed by atoms with E-state index in [9.17, 15) is 22.8 Å². The van der Waals surface area contributed by atoms with Gasteiger partial charge >= 0.3 is 12.1 Å². The van der Waals surface area contributed by atoms with E-state index in [1.165, 1.54) is 23.2 Å². The van der Waals surface area contributed by atoms with Crippen LogP contribution in [0.2, 0.25) is 0 Å². The average Bonchev–Trinajstić information content (AvgIpc) is 2.60. The van der Waals surface area contributed by atoms with Gasteiger partial charge in [0.2, 0.25) is 5.78 Å². The molecule has 2 aromatic rings. The highest BCUT2D eigenvalue weighted by Gasteiger charge is 2.30. The Kier molecular flexibility index (Phi) is 5.82. The van der Waals surface area contributed by atoms with Crippen molar-refractivity contribution in [2.75, 3.05) is 14.1 Å². The summed E-state index contributed by atoms with van der Waals surface area (Å²) in [4.78, 5) is 26.2. The highest BCUT2D eigenvalue weighted by Crippen LogP contribution is 2.29. The van der Waals surface area contributed by atoms with Crippen LogP contribution in [0, 0.1) is 0 Å². The van der Waals surface area contributed by atoms with Crippen molar-refractivity contribution in [2.24, 2.45) is 0 Å². The highest BCUT2D eigenvalue weighted by molar-refractivity contribution is 6.09. The molecule has 0 spiro atoms. The van der Waals surface area contributed by atoms with Crippen LogP contribution in [0.3, 0.4) is 0 Å². The van der Waals surface area contributed by atoms with E-state index in [0.29, 0.717) is 0 Å². The third-order valence-corrected chi connectivity index (χ3v) is 3.29. The van der Waals surface area contributed by atoms with Crippen molar-refractivity contribution in [3.63, 3.8) is 0 Å². The Morgan fingerprint density at radius 1 is 0.923 bits per heavy atom. The van der Waals surface area contributed by atoms with Crippen molar-refractivity contribution < 1.29 is 27.5 Å². The molecule has 0 heterocycles. The molecule has 0 unspecified atom stereocenters. The Hall–Kier alpha value is -3.09. The van der Waals surface area contributed by atoms with Crippen LogP contribution in [-0.4, -0.2) is 30.7 Å². The first kappa shape index (κ1) is 19.2. The smallest absolute Gasteiger partial charge is 0.416 e. The molecule has 26 heavy (non-hydrogen) atoms. The van der Waals surface area contributed by atoms with Gasteiger partial charge in [0.25, 0.3) is 0 Å². The molecule has 0 aliphatic carbocycles. The predicted molar refractivity (Wildman–Crippen MR) is 89.4 cm³/mol. The number of rotatable bonds is 5. The van der Waals surface area contributed by atoms with Crippen molar-refractivity contribution in [1.82, 2.24) is 4.90 Å². The number of ether oxygens (including phenoxy) is 1. The number of hydrogen-bond acceptors (Lipinski definition) is 4. The normalized spacial score (nSPS) is 11.8. The number of carbonyl (C=O) groups excluding carboxylic acids is 2. The maximum absolute atomic E-state index is 12.6. The molecule has 0 fully saturated rings. The van der Waals surface area contributed by atoms with Crippen molar-refractivity contribution >= 4 is 11.8 Å². The van der Waals surface area contributed by atoms with Crippen molar-refractivity contribution in [2.45, 2.75) is 6.18 Å². The number of benzene rings is 2. The van der Waals surface area contributed by atoms with Crippen LogP contribution in [0.1, 0.15) is 26.3 Å². The monoisotopic (exact) mass is 363 g/mol. The van der Waals surface area contributed by atoms with Crippen LogP contribution in [0.4, 0.5) is 13.2 Å². The molecule has 2 rings (SSSR count). The van der Waals surface area contributed by atoms with Gasteiger partial charge in [-0.3, -0.25) is 4.79 Å². The van der Waals surface area contributed by atoms with Crippen LogP contribution in [0.25, 0.3) is 0 Å². The lowest BCUT2D eigenvalue weighted by molar-refractivity contribution is -0.137. The summed E-state index contributed by atoms with van der Waals surface area (Å²) < 4.78 is 43.1. The SMILES string of the molecule is CN(C)/C=C(\OC(=O)c1ccccc1)C(=O)c1ccc(C(F)(F)F)cc1. The Morgan fingerprint density at radius 2 is 1.50 bits per heavy atom. The molecule has 0 saturated heterocycles. The largest absolute Gasteiger partial charge is 0.417 e. The lowest BCUT2D eigenvalue weighted by Gasteiger charge is -2.12. The zero-order chi connectivity index (χ0) is 19.3. The summed E-state index contributed by atoms with van der Waals surface area (Å²) in [5.74, 6) is -1.72. The van der Waals surface area contributed by atoms with Crippen LogP contribution in [-0.2, 0) is 10.9 Å². The zero-order valence-electron chi connectivity index (χ0n) is 14.1. The molecule has 0 aliphatic heterocycles. The van der Waals surface area contributed by atoms with Gasteiger partial charge in [-0.15, -0.1) is 0 Å². The van der Waals surface area contributed by atoms with Gasteiger partial charge in [0.1, 0.15) is 0 Å². The molecular weight excluding hydrogens is 347 g/mol. The number of hydrogen-bond donors (Lipinski definition) is 0. The minimum Gasteiger partial charge on any atom is -0.417 e. The number of nitrogens with zero attached hydrogens (tertiary/aromatic N) is 1. The van der Waals surface area contributed by atoms with Gasteiger partial charge in [-0.25, -0.2) is 4.79 Å². The van der Waals surface area contributed by atoms with E-state index in [4.69, 9.17) is 4.74 Å². The van der Waals surface area contributed by atoms with Crippen molar-refractivity contribution in [1.29, 1.82) is 0 Å². The Morgan fingerprint density at radius 3 is 2.00 bits per heavy atom. The average molecular weight is 363 g/mol. The van der Waals surface area contributed by atoms with Gasteiger partial charge in [-0.05, 0) is 24.3 Å². The molecule has 0 aromatic heterocycles. The minimum atomic E-state index is -4.50. The molecule has 0 N–H and O–H groups in total. The summed E-state index contributed by atoms with van der Waals surface area (Å²) in [6.07, 6.45) is -3.20. The number of ketones is 1. The molecule has 0 aliphatic rings. The van der Waals surface area contributed by atoms with E-state index < -0.39 is 23.5 Å². The molecule has 0 radical (unpaired) electrons. The number of carbonyl (C=O) groups is 2. The fourth-order valence-corrected chi connectivity index (χ4v) is 2.05. The topological polar surface area (TPSA) is 46.6 Å². The highest BCUT2D eigenvalue weighted by atomic mass is 19.4. The van der Waals surface area contributed by atoms with Crippen LogP contribution >= 0.6 is 0 Å². The third-order valence-electron chi connectivity index (χ3n) is 3.29. The quantitative estimate of drug-likeness (QED) is 0.347. The van der Waals surface area contributed by atoms with E-state index in [2.05, 4.69) is 0 Å². The van der Waals surface area contributed by atoms with E-state index in [1.807, 2.05) is 0 Å². The Bertz CT molecular complexity index is 810. The minimum absolute atomic E-state index is 0.0213. The lowest BCUT2D eigenvalue weighted by Crippen LogP contribution is -2.16. The second-order valence-electron chi connectivity index (χ2n) is 5.62. The van der Waals surface area contributed by atoms with E-state index in [1.54, 1.807) is 32.3 Å². The van der Waals surface area contributed by atoms with E-state index >= 15 is 0 Å². The van der Waals surface area contributed by atoms with Gasteiger partial charge in [-0.1, -0.05) is 30.3 Å². The van der Waals surface area contributed by atoms with Crippen molar-refractivity contribution in [3.8, 4) is 0 Å². The first-order chi connectivity index (χ1) is 12.2. The van der Waals surface area contributed by atoms with E-state index in [-0.39, 0.29) is 16.9 Å². The lowest BCUT2D eigenvalue weighted by atomic mass is 10.1. The first-order valence-electron chi connectivity index (χ1n) is 7.56. The second kappa shape index (κ2) is 7.86. The molecule has 2 aromatic carbocycles. The zero-order valence-corrected chi connectivity index (χ0v) is 14.1. The molecule has 7 heteroatoms. The molecule has 0 atom stereocenters. The number of halogens is 3. The number of Topliss-reactive ketones (excluding diaryl/α,β-unsaturated/α-hetero) is 1. The molecule has 0 bridgehead atoms. The van der Waals surface area contributed by atoms with Crippen LogP contribution in [0.5, 0.6) is 0 Å². The summed E-state index contributed by atoms with van der Waals surface area (Å²) in [6, 6.07) is 11.8. The molecule has 136 valence electrons. The number of esters is 1. The summed E-state index contributed by atoms with van der Waals surface area (Å²) in [6.45, 7) is 0. The van der Waals surface area contributed by atoms with Crippen LogP contribution in [0.15, 0.2) is 66.6 Å². The third kappa shape index (κ3) is 4.95. The van der Waals surface area contributed by atoms with E-state index in [0.717, 1.165) is 24.3 Å². The van der Waals surface area contributed by atoms with Gasteiger partial charge in [-0.2, -0.15) is 13.2 Å². The second-order valence-corrected chi connectivity index (χ2v) is 5.62. The predicted octanol–water partition coefficient (Wildman–Crippen LogP) is 4.15. The fraction of sp³-hybridized carbons (Fsp3) is 0.158. The van der Waals surface area contributed by atoms with Gasteiger partial charge in [0.15, 0.2) is 5.76 Å². The molecule has 4 nitrogen and oxygen atoms in total. The molecular formula is C19H16F3NO3. The molecule has 0 amide bonds.